The predicted molar refractivity (Wildman–Crippen MR) is 210 cm³/mol. The van der Waals surface area contributed by atoms with Crippen molar-refractivity contribution < 1.29 is 4.42 Å². The molecule has 3 heteroatoms. The average Bonchev–Trinajstić information content (AvgIpc) is 3.74. The standard InChI is InChI=1S/C46H29NOS/c1-3-12-33(13-4-1)47(34-14-5-2-6-15-34)41-19-11-20-42-45(41)40-29-38(35-16-7-8-18-37(35)46(40)48-42)31-24-22-30(23-25-31)32-26-27-44-39(28-32)36-17-9-10-21-43(36)49-44/h1-29H. The molecule has 0 saturated carbocycles. The zero-order valence-electron chi connectivity index (χ0n) is 26.5. The minimum Gasteiger partial charge on any atom is -0.455 e. The van der Waals surface area contributed by atoms with Crippen molar-refractivity contribution >= 4 is 81.3 Å². The van der Waals surface area contributed by atoms with Gasteiger partial charge in [0.05, 0.1) is 11.1 Å². The summed E-state index contributed by atoms with van der Waals surface area (Å²) in [5.74, 6) is 0. The van der Waals surface area contributed by atoms with Gasteiger partial charge in [-0.3, -0.25) is 0 Å². The predicted octanol–water partition coefficient (Wildman–Crippen LogP) is 13.9. The third-order valence-corrected chi connectivity index (χ3v) is 10.8. The van der Waals surface area contributed by atoms with Crippen LogP contribution in [0.25, 0.3) is 75.1 Å². The first-order valence-corrected chi connectivity index (χ1v) is 17.4. The lowest BCUT2D eigenvalue weighted by molar-refractivity contribution is 0.672. The molecule has 0 N–H and O–H groups in total. The lowest BCUT2D eigenvalue weighted by Crippen LogP contribution is -2.09. The molecular formula is C46H29NOS. The van der Waals surface area contributed by atoms with E-state index in [2.05, 4.69) is 181 Å². The summed E-state index contributed by atoms with van der Waals surface area (Å²) in [6.45, 7) is 0. The summed E-state index contributed by atoms with van der Waals surface area (Å²) < 4.78 is 9.39. The average molecular weight is 644 g/mol. The van der Waals surface area contributed by atoms with Gasteiger partial charge in [-0.1, -0.05) is 115 Å². The van der Waals surface area contributed by atoms with Gasteiger partial charge in [0.1, 0.15) is 11.2 Å². The maximum Gasteiger partial charge on any atom is 0.143 e. The van der Waals surface area contributed by atoms with Crippen LogP contribution < -0.4 is 4.90 Å². The fourth-order valence-electron chi connectivity index (χ4n) is 7.38. The molecule has 0 aliphatic carbocycles. The van der Waals surface area contributed by atoms with Crippen molar-refractivity contribution in [2.45, 2.75) is 0 Å². The van der Waals surface area contributed by atoms with Crippen molar-refractivity contribution in [2.75, 3.05) is 4.90 Å². The molecule has 10 rings (SSSR count). The third kappa shape index (κ3) is 4.55. The maximum absolute atomic E-state index is 6.73. The fourth-order valence-corrected chi connectivity index (χ4v) is 8.47. The van der Waals surface area contributed by atoms with Crippen LogP contribution >= 0.6 is 11.3 Å². The first kappa shape index (κ1) is 27.9. The first-order valence-electron chi connectivity index (χ1n) is 16.6. The van der Waals surface area contributed by atoms with E-state index in [9.17, 15) is 0 Å². The van der Waals surface area contributed by atoms with Gasteiger partial charge in [0.25, 0.3) is 0 Å². The molecule has 230 valence electrons. The van der Waals surface area contributed by atoms with Crippen LogP contribution in [-0.4, -0.2) is 0 Å². The van der Waals surface area contributed by atoms with Crippen LogP contribution in [0.5, 0.6) is 0 Å². The van der Waals surface area contributed by atoms with Gasteiger partial charge in [-0.25, -0.2) is 0 Å². The summed E-state index contributed by atoms with van der Waals surface area (Å²) in [4.78, 5) is 2.33. The molecule has 49 heavy (non-hydrogen) atoms. The Morgan fingerprint density at radius 1 is 0.408 bits per heavy atom. The number of furan rings is 1. The lowest BCUT2D eigenvalue weighted by Gasteiger charge is -2.26. The normalized spacial score (nSPS) is 11.7. The topological polar surface area (TPSA) is 16.4 Å². The van der Waals surface area contributed by atoms with Crippen molar-refractivity contribution in [1.82, 2.24) is 0 Å². The molecule has 0 saturated heterocycles. The van der Waals surface area contributed by atoms with Gasteiger partial charge in [-0.15, -0.1) is 11.3 Å². The van der Waals surface area contributed by atoms with Crippen molar-refractivity contribution in [3.63, 3.8) is 0 Å². The van der Waals surface area contributed by atoms with Crippen LogP contribution in [0.1, 0.15) is 0 Å². The number of anilines is 3. The second kappa shape index (κ2) is 11.2. The molecule has 0 spiro atoms. The highest BCUT2D eigenvalue weighted by atomic mass is 32.1. The lowest BCUT2D eigenvalue weighted by atomic mass is 9.93. The number of hydrogen-bond acceptors (Lipinski definition) is 3. The molecule has 0 atom stereocenters. The first-order chi connectivity index (χ1) is 24.3. The van der Waals surface area contributed by atoms with Gasteiger partial charge < -0.3 is 9.32 Å². The van der Waals surface area contributed by atoms with E-state index in [-0.39, 0.29) is 0 Å². The largest absolute Gasteiger partial charge is 0.455 e. The van der Waals surface area contributed by atoms with Crippen molar-refractivity contribution in [2.24, 2.45) is 0 Å². The van der Waals surface area contributed by atoms with Gasteiger partial charge in [-0.2, -0.15) is 0 Å². The molecule has 0 fully saturated rings. The summed E-state index contributed by atoms with van der Waals surface area (Å²) in [6, 6.07) is 63.1. The van der Waals surface area contributed by atoms with Gasteiger partial charge in [0.15, 0.2) is 0 Å². The SMILES string of the molecule is c1ccc(N(c2ccccc2)c2cccc3oc4c5ccccc5c(-c5ccc(-c6ccc7sc8ccccc8c7c6)cc5)cc4c23)cc1. The minimum atomic E-state index is 0.873. The van der Waals surface area contributed by atoms with Gasteiger partial charge in [-0.05, 0) is 88.3 Å². The van der Waals surface area contributed by atoms with E-state index in [0.29, 0.717) is 0 Å². The molecule has 0 aliphatic rings. The van der Waals surface area contributed by atoms with Gasteiger partial charge in [0.2, 0.25) is 0 Å². The van der Waals surface area contributed by atoms with Crippen LogP contribution in [-0.2, 0) is 0 Å². The molecule has 8 aromatic carbocycles. The molecule has 10 aromatic rings. The molecule has 2 nitrogen and oxygen atoms in total. The number of rotatable bonds is 5. The highest BCUT2D eigenvalue weighted by Gasteiger charge is 2.21. The Kier molecular flexibility index (Phi) is 6.39. The van der Waals surface area contributed by atoms with Crippen molar-refractivity contribution in [1.29, 1.82) is 0 Å². The van der Waals surface area contributed by atoms with Crippen molar-refractivity contribution in [3.8, 4) is 22.3 Å². The second-order valence-corrected chi connectivity index (χ2v) is 13.6. The quantitative estimate of drug-likeness (QED) is 0.186. The second-order valence-electron chi connectivity index (χ2n) is 12.5. The fraction of sp³-hybridized carbons (Fsp3) is 0. The number of para-hydroxylation sites is 2. The zero-order valence-corrected chi connectivity index (χ0v) is 27.3. The number of benzene rings is 8. The van der Waals surface area contributed by atoms with E-state index in [1.807, 2.05) is 11.3 Å². The number of hydrogen-bond donors (Lipinski definition) is 0. The maximum atomic E-state index is 6.73. The zero-order chi connectivity index (χ0) is 32.3. The molecule has 2 aromatic heterocycles. The molecule has 0 aliphatic heterocycles. The van der Waals surface area contributed by atoms with Crippen LogP contribution in [0.3, 0.4) is 0 Å². The number of fused-ring (bicyclic) bond motifs is 8. The molecule has 2 heterocycles. The van der Waals surface area contributed by atoms with Crippen LogP contribution in [0, 0.1) is 0 Å². The van der Waals surface area contributed by atoms with Crippen LogP contribution in [0.2, 0.25) is 0 Å². The minimum absolute atomic E-state index is 0.873. The molecule has 0 unspecified atom stereocenters. The van der Waals surface area contributed by atoms with Gasteiger partial charge >= 0.3 is 0 Å². The van der Waals surface area contributed by atoms with E-state index in [1.165, 1.54) is 47.8 Å². The Labute approximate surface area is 287 Å². The van der Waals surface area contributed by atoms with Crippen LogP contribution in [0.4, 0.5) is 17.1 Å². The molecular weight excluding hydrogens is 615 g/mol. The van der Waals surface area contributed by atoms with E-state index in [0.717, 1.165) is 44.4 Å². The highest BCUT2D eigenvalue weighted by Crippen LogP contribution is 2.46. The van der Waals surface area contributed by atoms with E-state index >= 15 is 0 Å². The Morgan fingerprint density at radius 2 is 1.02 bits per heavy atom. The van der Waals surface area contributed by atoms with E-state index < -0.39 is 0 Å². The molecule has 0 radical (unpaired) electrons. The number of thiophene rings is 1. The summed E-state index contributed by atoms with van der Waals surface area (Å²) in [7, 11) is 0. The number of nitrogens with zero attached hydrogens (tertiary/aromatic N) is 1. The Balaban J connectivity index is 1.16. The Morgan fingerprint density at radius 3 is 1.78 bits per heavy atom. The summed E-state index contributed by atoms with van der Waals surface area (Å²) in [5, 5.41) is 7.14. The highest BCUT2D eigenvalue weighted by molar-refractivity contribution is 7.25. The Hall–Kier alpha value is -6.16. The summed E-state index contributed by atoms with van der Waals surface area (Å²) in [6.07, 6.45) is 0. The summed E-state index contributed by atoms with van der Waals surface area (Å²) in [5.41, 5.74) is 9.88. The molecule has 0 amide bonds. The van der Waals surface area contributed by atoms with E-state index in [1.54, 1.807) is 0 Å². The molecule has 0 bridgehead atoms. The van der Waals surface area contributed by atoms with Gasteiger partial charge in [0, 0.05) is 42.3 Å². The third-order valence-electron chi connectivity index (χ3n) is 9.66. The monoisotopic (exact) mass is 643 g/mol. The van der Waals surface area contributed by atoms with E-state index in [4.69, 9.17) is 4.42 Å². The van der Waals surface area contributed by atoms with Crippen molar-refractivity contribution in [3.05, 3.63) is 176 Å². The smallest absolute Gasteiger partial charge is 0.143 e. The summed E-state index contributed by atoms with van der Waals surface area (Å²) >= 11 is 1.86. The van der Waals surface area contributed by atoms with Crippen LogP contribution in [0.15, 0.2) is 180 Å². The Bertz CT molecular complexity index is 2770.